The quantitative estimate of drug-likeness (QED) is 0.577. The second-order valence-corrected chi connectivity index (χ2v) is 2.79. The number of carbonyl (C=O) groups excluding carboxylic acids is 1. The van der Waals surface area contributed by atoms with Crippen molar-refractivity contribution in [3.8, 4) is 0 Å². The smallest absolute Gasteiger partial charge is 0.338 e. The maximum atomic E-state index is 11.2. The van der Waals surface area contributed by atoms with Crippen LogP contribution in [0.1, 0.15) is 22.0 Å². The summed E-state index contributed by atoms with van der Waals surface area (Å²) in [4.78, 5) is 11.2. The lowest BCUT2D eigenvalue weighted by molar-refractivity contribution is 0.0443. The van der Waals surface area contributed by atoms with Crippen molar-refractivity contribution in [3.05, 3.63) is 35.4 Å². The van der Waals surface area contributed by atoms with E-state index in [2.05, 4.69) is 0 Å². The minimum Gasteiger partial charge on any atom is -0.460 e. The maximum Gasteiger partial charge on any atom is 0.338 e. The molecule has 0 saturated carbocycles. The van der Waals surface area contributed by atoms with Crippen LogP contribution >= 0.6 is 0 Å². The van der Waals surface area contributed by atoms with E-state index in [1.165, 1.54) is 0 Å². The monoisotopic (exact) mass is 163 g/mol. The molecule has 1 aromatic rings. The van der Waals surface area contributed by atoms with E-state index in [1.54, 1.807) is 12.1 Å². The normalized spacial score (nSPS) is 21.4. The van der Waals surface area contributed by atoms with E-state index in [4.69, 9.17) is 10.5 Å². The number of nitrogens with two attached hydrogens (primary N) is 1. The number of carbonyl (C=O) groups is 1. The predicted molar refractivity (Wildman–Crippen MR) is 43.7 cm³/mol. The van der Waals surface area contributed by atoms with Crippen LogP contribution in [0.4, 0.5) is 0 Å². The molecule has 0 aromatic heterocycles. The molecule has 2 N–H and O–H groups in total. The first-order chi connectivity index (χ1) is 5.79. The lowest BCUT2D eigenvalue weighted by Gasteiger charge is -2.20. The van der Waals surface area contributed by atoms with Crippen molar-refractivity contribution in [2.75, 3.05) is 6.61 Å². The van der Waals surface area contributed by atoms with E-state index in [0.717, 1.165) is 5.56 Å². The molecule has 0 unspecified atom stereocenters. The van der Waals surface area contributed by atoms with Crippen LogP contribution in [-0.2, 0) is 4.74 Å². The SMILES string of the molecule is N[C@H]1COC(=O)c2ccccc21. The lowest BCUT2D eigenvalue weighted by Crippen LogP contribution is -2.27. The Hall–Kier alpha value is -1.35. The fraction of sp³-hybridized carbons (Fsp3) is 0.222. The Balaban J connectivity index is 2.55. The van der Waals surface area contributed by atoms with Gasteiger partial charge in [0.15, 0.2) is 0 Å². The van der Waals surface area contributed by atoms with Crippen molar-refractivity contribution in [1.29, 1.82) is 0 Å². The van der Waals surface area contributed by atoms with E-state index in [0.29, 0.717) is 5.56 Å². The van der Waals surface area contributed by atoms with Crippen LogP contribution in [0.25, 0.3) is 0 Å². The highest BCUT2D eigenvalue weighted by Crippen LogP contribution is 2.21. The molecular formula is C9H9NO2. The Labute approximate surface area is 70.1 Å². The largest absolute Gasteiger partial charge is 0.460 e. The molecule has 62 valence electrons. The minimum atomic E-state index is -0.271. The highest BCUT2D eigenvalue weighted by atomic mass is 16.5. The third-order valence-corrected chi connectivity index (χ3v) is 1.97. The summed E-state index contributed by atoms with van der Waals surface area (Å²) in [6.45, 7) is 0.288. The van der Waals surface area contributed by atoms with Crippen molar-refractivity contribution in [3.63, 3.8) is 0 Å². The number of ether oxygens (including phenoxy) is 1. The third-order valence-electron chi connectivity index (χ3n) is 1.97. The molecule has 3 heteroatoms. The molecule has 0 saturated heterocycles. The highest BCUT2D eigenvalue weighted by Gasteiger charge is 2.23. The molecule has 3 nitrogen and oxygen atoms in total. The summed E-state index contributed by atoms with van der Waals surface area (Å²) in [5.74, 6) is -0.271. The Morgan fingerprint density at radius 1 is 1.42 bits per heavy atom. The van der Waals surface area contributed by atoms with Gasteiger partial charge in [0.1, 0.15) is 6.61 Å². The molecule has 0 radical (unpaired) electrons. The van der Waals surface area contributed by atoms with Crippen molar-refractivity contribution in [2.45, 2.75) is 6.04 Å². The standard InChI is InChI=1S/C9H9NO2/c10-8-5-12-9(11)7-4-2-1-3-6(7)8/h1-4,8H,5,10H2/t8-/m0/s1. The van der Waals surface area contributed by atoms with Crippen LogP contribution in [0.3, 0.4) is 0 Å². The van der Waals surface area contributed by atoms with Gasteiger partial charge in [0.05, 0.1) is 11.6 Å². The van der Waals surface area contributed by atoms with E-state index in [9.17, 15) is 4.79 Å². The summed E-state index contributed by atoms with van der Waals surface area (Å²) in [5, 5.41) is 0. The predicted octanol–water partition coefficient (Wildman–Crippen LogP) is 0.857. The Morgan fingerprint density at radius 2 is 2.17 bits per heavy atom. The summed E-state index contributed by atoms with van der Waals surface area (Å²) >= 11 is 0. The molecule has 12 heavy (non-hydrogen) atoms. The number of hydrogen-bond donors (Lipinski definition) is 1. The average Bonchev–Trinajstić information content (AvgIpc) is 2.12. The first kappa shape index (κ1) is 7.31. The van der Waals surface area contributed by atoms with Gasteiger partial charge in [0.2, 0.25) is 0 Å². The van der Waals surface area contributed by atoms with Crippen LogP contribution in [0.2, 0.25) is 0 Å². The molecule has 0 aliphatic carbocycles. The summed E-state index contributed by atoms with van der Waals surface area (Å²) in [7, 11) is 0. The van der Waals surface area contributed by atoms with E-state index >= 15 is 0 Å². The van der Waals surface area contributed by atoms with E-state index < -0.39 is 0 Å². The second-order valence-electron chi connectivity index (χ2n) is 2.79. The Morgan fingerprint density at radius 3 is 2.92 bits per heavy atom. The molecule has 0 bridgehead atoms. The van der Waals surface area contributed by atoms with Crippen molar-refractivity contribution in [2.24, 2.45) is 5.73 Å². The second kappa shape index (κ2) is 2.60. The average molecular weight is 163 g/mol. The van der Waals surface area contributed by atoms with Crippen molar-refractivity contribution >= 4 is 5.97 Å². The van der Waals surface area contributed by atoms with Gasteiger partial charge in [0, 0.05) is 0 Å². The molecule has 1 heterocycles. The van der Waals surface area contributed by atoms with Crippen LogP contribution in [-0.4, -0.2) is 12.6 Å². The minimum absolute atomic E-state index is 0.168. The lowest BCUT2D eigenvalue weighted by atomic mass is 9.99. The van der Waals surface area contributed by atoms with Gasteiger partial charge in [-0.05, 0) is 11.6 Å². The molecular weight excluding hydrogens is 154 g/mol. The van der Waals surface area contributed by atoms with Crippen LogP contribution in [0, 0.1) is 0 Å². The highest BCUT2D eigenvalue weighted by molar-refractivity contribution is 5.92. The summed E-state index contributed by atoms with van der Waals surface area (Å²) in [6.07, 6.45) is 0. The number of hydrogen-bond acceptors (Lipinski definition) is 3. The van der Waals surface area contributed by atoms with E-state index in [1.807, 2.05) is 12.1 Å². The zero-order chi connectivity index (χ0) is 8.55. The molecule has 2 rings (SSSR count). The van der Waals surface area contributed by atoms with Gasteiger partial charge in [-0.15, -0.1) is 0 Å². The van der Waals surface area contributed by atoms with Crippen LogP contribution in [0.15, 0.2) is 24.3 Å². The maximum absolute atomic E-state index is 11.2. The van der Waals surface area contributed by atoms with Gasteiger partial charge < -0.3 is 10.5 Å². The first-order valence-corrected chi connectivity index (χ1v) is 3.80. The number of rotatable bonds is 0. The van der Waals surface area contributed by atoms with Crippen molar-refractivity contribution < 1.29 is 9.53 Å². The number of benzene rings is 1. The zero-order valence-electron chi connectivity index (χ0n) is 6.49. The van der Waals surface area contributed by atoms with Crippen LogP contribution in [0.5, 0.6) is 0 Å². The third kappa shape index (κ3) is 0.987. The van der Waals surface area contributed by atoms with Crippen LogP contribution < -0.4 is 5.73 Å². The van der Waals surface area contributed by atoms with E-state index in [-0.39, 0.29) is 18.6 Å². The van der Waals surface area contributed by atoms with Gasteiger partial charge in [0.25, 0.3) is 0 Å². The Bertz CT molecular complexity index is 322. The van der Waals surface area contributed by atoms with Crippen molar-refractivity contribution in [1.82, 2.24) is 0 Å². The summed E-state index contributed by atoms with van der Waals surface area (Å²) < 4.78 is 4.85. The molecule has 0 spiro atoms. The molecule has 0 fully saturated rings. The fourth-order valence-electron chi connectivity index (χ4n) is 1.34. The summed E-state index contributed by atoms with van der Waals surface area (Å²) in [6, 6.07) is 7.10. The molecule has 1 aliphatic heterocycles. The molecule has 1 aromatic carbocycles. The summed E-state index contributed by atoms with van der Waals surface area (Å²) in [5.41, 5.74) is 7.21. The van der Waals surface area contributed by atoms with Gasteiger partial charge in [-0.3, -0.25) is 0 Å². The topological polar surface area (TPSA) is 52.3 Å². The molecule has 1 atom stereocenters. The molecule has 0 amide bonds. The zero-order valence-corrected chi connectivity index (χ0v) is 6.49. The number of esters is 1. The van der Waals surface area contributed by atoms with Gasteiger partial charge in [-0.25, -0.2) is 4.79 Å². The molecule has 1 aliphatic rings. The van der Waals surface area contributed by atoms with Gasteiger partial charge >= 0.3 is 5.97 Å². The number of fused-ring (bicyclic) bond motifs is 1. The fourth-order valence-corrected chi connectivity index (χ4v) is 1.34. The first-order valence-electron chi connectivity index (χ1n) is 3.80. The Kier molecular flexibility index (Phi) is 1.59. The van der Waals surface area contributed by atoms with Gasteiger partial charge in [-0.1, -0.05) is 18.2 Å². The van der Waals surface area contributed by atoms with Gasteiger partial charge in [-0.2, -0.15) is 0 Å². The number of cyclic esters (lactones) is 1.